The molecule has 0 aliphatic carbocycles. The van der Waals surface area contributed by atoms with Crippen molar-refractivity contribution in [3.05, 3.63) is 22.2 Å². The number of hydrogen-bond acceptors (Lipinski definition) is 3. The maximum atomic E-state index is 12.5. The van der Waals surface area contributed by atoms with Crippen LogP contribution >= 0.6 is 35.8 Å². The van der Waals surface area contributed by atoms with Crippen LogP contribution in [0.2, 0.25) is 10.0 Å². The van der Waals surface area contributed by atoms with Crippen LogP contribution in [0, 0.1) is 0 Å². The molecule has 7 heteroatoms. The average Bonchev–Trinajstić information content (AvgIpc) is 1.98. The van der Waals surface area contributed by atoms with Crippen molar-refractivity contribution in [2.45, 2.75) is 9.79 Å². The summed E-state index contributed by atoms with van der Waals surface area (Å²) in [6.45, 7) is 0. The Hall–Kier alpha value is 0.0300. The van der Waals surface area contributed by atoms with Crippen LogP contribution in [0.25, 0.3) is 0 Å². The summed E-state index contributed by atoms with van der Waals surface area (Å²) in [5.41, 5.74) is 0. The monoisotopic (exact) mass is 260 g/mol. The van der Waals surface area contributed by atoms with E-state index < -0.39 is 15.1 Å². The standard InChI is InChI=1S/C6H3Cl2FO2S2/c7-3-1-2-4(13(9,10)11)6(12)5(3)8/h1-2,12H. The molecule has 2 nitrogen and oxygen atoms in total. The summed E-state index contributed by atoms with van der Waals surface area (Å²) in [7, 11) is -4.79. The number of thiol groups is 1. The predicted octanol–water partition coefficient (Wildman–Crippen LogP) is 2.94. The van der Waals surface area contributed by atoms with E-state index in [4.69, 9.17) is 23.2 Å². The molecule has 0 aliphatic rings. The Morgan fingerprint density at radius 1 is 1.31 bits per heavy atom. The Balaban J connectivity index is 3.53. The molecule has 0 fully saturated rings. The van der Waals surface area contributed by atoms with Gasteiger partial charge in [-0.3, -0.25) is 0 Å². The third-order valence-corrected chi connectivity index (χ3v) is 3.71. The van der Waals surface area contributed by atoms with E-state index in [-0.39, 0.29) is 14.9 Å². The third-order valence-electron chi connectivity index (χ3n) is 1.29. The molecular weight excluding hydrogens is 258 g/mol. The van der Waals surface area contributed by atoms with E-state index >= 15 is 0 Å². The molecule has 0 saturated carbocycles. The van der Waals surface area contributed by atoms with Crippen LogP contribution < -0.4 is 0 Å². The fourth-order valence-electron chi connectivity index (χ4n) is 0.719. The van der Waals surface area contributed by atoms with E-state index in [0.29, 0.717) is 0 Å². The average molecular weight is 261 g/mol. The van der Waals surface area contributed by atoms with E-state index in [1.165, 1.54) is 6.07 Å². The first-order valence-electron chi connectivity index (χ1n) is 2.95. The molecule has 0 unspecified atom stereocenters. The normalized spacial score (nSPS) is 11.7. The van der Waals surface area contributed by atoms with Gasteiger partial charge in [0.25, 0.3) is 0 Å². The molecule has 1 rings (SSSR count). The zero-order valence-electron chi connectivity index (χ0n) is 5.96. The molecule has 0 atom stereocenters. The Morgan fingerprint density at radius 3 is 2.31 bits per heavy atom. The van der Waals surface area contributed by atoms with E-state index in [1.807, 2.05) is 0 Å². The van der Waals surface area contributed by atoms with Crippen molar-refractivity contribution in [3.63, 3.8) is 0 Å². The lowest BCUT2D eigenvalue weighted by Crippen LogP contribution is -1.94. The van der Waals surface area contributed by atoms with Gasteiger partial charge < -0.3 is 0 Å². The molecular formula is C6H3Cl2FO2S2. The minimum absolute atomic E-state index is 0.0799. The van der Waals surface area contributed by atoms with Crippen LogP contribution in [0.5, 0.6) is 0 Å². The summed E-state index contributed by atoms with van der Waals surface area (Å²) < 4.78 is 33.5. The highest BCUT2D eigenvalue weighted by atomic mass is 35.5. The lowest BCUT2D eigenvalue weighted by Gasteiger charge is -2.03. The summed E-state index contributed by atoms with van der Waals surface area (Å²) in [6.07, 6.45) is 0. The molecule has 1 aromatic rings. The van der Waals surface area contributed by atoms with Gasteiger partial charge in [0.05, 0.1) is 10.0 Å². The summed E-state index contributed by atoms with van der Waals surface area (Å²) in [6, 6.07) is 2.20. The van der Waals surface area contributed by atoms with Crippen LogP contribution in [0.1, 0.15) is 0 Å². The predicted molar refractivity (Wildman–Crippen MR) is 52.0 cm³/mol. The van der Waals surface area contributed by atoms with Gasteiger partial charge in [0.2, 0.25) is 0 Å². The van der Waals surface area contributed by atoms with Crippen molar-refractivity contribution >= 4 is 46.1 Å². The second kappa shape index (κ2) is 3.65. The quantitative estimate of drug-likeness (QED) is 0.623. The maximum Gasteiger partial charge on any atom is 0.333 e. The molecule has 13 heavy (non-hydrogen) atoms. The topological polar surface area (TPSA) is 34.1 Å². The van der Waals surface area contributed by atoms with E-state index in [0.717, 1.165) is 6.07 Å². The van der Waals surface area contributed by atoms with Gasteiger partial charge >= 0.3 is 10.2 Å². The fourth-order valence-corrected chi connectivity index (χ4v) is 2.25. The van der Waals surface area contributed by atoms with Gasteiger partial charge in [-0.1, -0.05) is 23.2 Å². The minimum Gasteiger partial charge on any atom is -0.189 e. The zero-order chi connectivity index (χ0) is 10.2. The van der Waals surface area contributed by atoms with Crippen molar-refractivity contribution < 1.29 is 12.3 Å². The van der Waals surface area contributed by atoms with Gasteiger partial charge in [-0.15, -0.1) is 16.5 Å². The SMILES string of the molecule is O=S(=O)(F)c1ccc(Cl)c(Cl)c1S. The molecule has 0 aliphatic heterocycles. The molecule has 0 radical (unpaired) electrons. The Morgan fingerprint density at radius 2 is 1.85 bits per heavy atom. The summed E-state index contributed by atoms with van der Waals surface area (Å²) >= 11 is 14.8. The molecule has 0 bridgehead atoms. The van der Waals surface area contributed by atoms with Crippen LogP contribution in [0.15, 0.2) is 21.9 Å². The second-order valence-electron chi connectivity index (χ2n) is 2.15. The molecule has 72 valence electrons. The first kappa shape index (κ1) is 11.1. The van der Waals surface area contributed by atoms with Gasteiger partial charge in [-0.25, -0.2) is 0 Å². The molecule has 1 aromatic carbocycles. The smallest absolute Gasteiger partial charge is 0.189 e. The molecule has 0 amide bonds. The van der Waals surface area contributed by atoms with Crippen LogP contribution in [0.4, 0.5) is 3.89 Å². The summed E-state index contributed by atoms with van der Waals surface area (Å²) in [4.78, 5) is -0.762. The van der Waals surface area contributed by atoms with E-state index in [9.17, 15) is 12.3 Å². The highest BCUT2D eigenvalue weighted by Crippen LogP contribution is 2.34. The first-order chi connectivity index (χ1) is 5.84. The first-order valence-corrected chi connectivity index (χ1v) is 5.54. The molecule has 0 N–H and O–H groups in total. The molecule has 0 aromatic heterocycles. The molecule has 0 heterocycles. The Labute approximate surface area is 90.3 Å². The summed E-state index contributed by atoms with van der Waals surface area (Å²) in [5, 5.41) is 0.0443. The highest BCUT2D eigenvalue weighted by Gasteiger charge is 2.18. The molecule has 0 spiro atoms. The van der Waals surface area contributed by atoms with Gasteiger partial charge in [0.15, 0.2) is 0 Å². The Bertz CT molecular complexity index is 444. The lowest BCUT2D eigenvalue weighted by molar-refractivity contribution is 0.550. The van der Waals surface area contributed by atoms with Crippen molar-refractivity contribution in [1.29, 1.82) is 0 Å². The maximum absolute atomic E-state index is 12.5. The van der Waals surface area contributed by atoms with Crippen molar-refractivity contribution in [2.24, 2.45) is 0 Å². The zero-order valence-corrected chi connectivity index (χ0v) is 9.18. The van der Waals surface area contributed by atoms with Gasteiger partial charge in [-0.2, -0.15) is 8.42 Å². The van der Waals surface area contributed by atoms with Crippen LogP contribution in [0.3, 0.4) is 0 Å². The number of halogens is 3. The van der Waals surface area contributed by atoms with E-state index in [2.05, 4.69) is 12.6 Å². The molecule has 0 saturated heterocycles. The van der Waals surface area contributed by atoms with Crippen LogP contribution in [-0.2, 0) is 10.2 Å². The number of rotatable bonds is 1. The third kappa shape index (κ3) is 2.28. The second-order valence-corrected chi connectivity index (χ2v) is 4.69. The van der Waals surface area contributed by atoms with Crippen LogP contribution in [-0.4, -0.2) is 8.42 Å². The highest BCUT2D eigenvalue weighted by molar-refractivity contribution is 7.87. The van der Waals surface area contributed by atoms with Gasteiger partial charge in [-0.05, 0) is 12.1 Å². The number of benzene rings is 1. The van der Waals surface area contributed by atoms with E-state index in [1.54, 1.807) is 0 Å². The van der Waals surface area contributed by atoms with Gasteiger partial charge in [0.1, 0.15) is 4.90 Å². The minimum atomic E-state index is -4.79. The summed E-state index contributed by atoms with van der Waals surface area (Å²) in [5.74, 6) is 0. The Kier molecular flexibility index (Phi) is 3.12. The number of hydrogen-bond donors (Lipinski definition) is 1. The lowest BCUT2D eigenvalue weighted by atomic mass is 10.3. The fraction of sp³-hybridized carbons (Fsp3) is 0. The van der Waals surface area contributed by atoms with Gasteiger partial charge in [0, 0.05) is 4.90 Å². The largest absolute Gasteiger partial charge is 0.333 e. The van der Waals surface area contributed by atoms with Crippen molar-refractivity contribution in [3.8, 4) is 0 Å². The van der Waals surface area contributed by atoms with Crippen molar-refractivity contribution in [1.82, 2.24) is 0 Å². The van der Waals surface area contributed by atoms with Crippen molar-refractivity contribution in [2.75, 3.05) is 0 Å².